The minimum atomic E-state index is -0.0970. The number of aryl methyl sites for hydroxylation is 1. The van der Waals surface area contributed by atoms with E-state index in [0.717, 1.165) is 26.5 Å². The molecule has 2 aromatic carbocycles. The van der Waals surface area contributed by atoms with Crippen LogP contribution >= 0.6 is 27.3 Å². The molecule has 0 aliphatic heterocycles. The molecule has 1 aromatic heterocycles. The maximum atomic E-state index is 12.7. The maximum absolute atomic E-state index is 12.7. The number of carbonyl (C=O) groups is 1. The Bertz CT molecular complexity index is 910. The van der Waals surface area contributed by atoms with Crippen molar-refractivity contribution in [3.05, 3.63) is 75.2 Å². The van der Waals surface area contributed by atoms with E-state index >= 15 is 0 Å². The van der Waals surface area contributed by atoms with Gasteiger partial charge in [-0.05, 0) is 43.7 Å². The lowest BCUT2D eigenvalue weighted by molar-refractivity contribution is 0.0943. The van der Waals surface area contributed by atoms with Crippen LogP contribution in [0.2, 0.25) is 0 Å². The molecule has 0 aliphatic rings. The molecule has 6 heteroatoms. The number of aromatic nitrogens is 1. The van der Waals surface area contributed by atoms with E-state index in [-0.39, 0.29) is 11.9 Å². The number of nitrogens with one attached hydrogen (secondary N) is 1. The van der Waals surface area contributed by atoms with Crippen molar-refractivity contribution in [3.8, 4) is 0 Å². The summed E-state index contributed by atoms with van der Waals surface area (Å²) in [5, 5.41) is 3.86. The van der Waals surface area contributed by atoms with Crippen molar-refractivity contribution in [2.24, 2.45) is 0 Å². The van der Waals surface area contributed by atoms with Crippen LogP contribution in [0.1, 0.15) is 33.9 Å². The average Bonchev–Trinajstić information content (AvgIpc) is 3.03. The van der Waals surface area contributed by atoms with Crippen molar-refractivity contribution >= 4 is 44.0 Å². The lowest BCUT2D eigenvalue weighted by Gasteiger charge is -2.15. The quantitative estimate of drug-likeness (QED) is 0.584. The van der Waals surface area contributed by atoms with Gasteiger partial charge < -0.3 is 10.2 Å². The Morgan fingerprint density at radius 3 is 2.62 bits per heavy atom. The highest BCUT2D eigenvalue weighted by molar-refractivity contribution is 9.10. The average molecular weight is 430 g/mol. The Balaban J connectivity index is 1.77. The highest BCUT2D eigenvalue weighted by Crippen LogP contribution is 2.30. The summed E-state index contributed by atoms with van der Waals surface area (Å²) in [6.07, 6.45) is 0. The number of carbonyl (C=O) groups excluding carboxylic acids is 1. The molecule has 134 valence electrons. The van der Waals surface area contributed by atoms with Crippen LogP contribution in [-0.4, -0.2) is 17.9 Å². The fourth-order valence-corrected chi connectivity index (χ4v) is 3.99. The molecule has 1 N–H and O–H groups in total. The van der Waals surface area contributed by atoms with Gasteiger partial charge in [-0.15, -0.1) is 0 Å². The number of anilines is 2. The molecule has 0 spiro atoms. The molecule has 1 unspecified atom stereocenters. The topological polar surface area (TPSA) is 45.2 Å². The van der Waals surface area contributed by atoms with E-state index in [1.54, 1.807) is 0 Å². The first-order valence-corrected chi connectivity index (χ1v) is 9.89. The molecule has 0 radical (unpaired) electrons. The summed E-state index contributed by atoms with van der Waals surface area (Å²) in [6.45, 7) is 3.85. The molecule has 4 nitrogen and oxygen atoms in total. The van der Waals surface area contributed by atoms with Gasteiger partial charge in [0, 0.05) is 17.2 Å². The molecule has 3 rings (SSSR count). The Morgan fingerprint density at radius 2 is 1.92 bits per heavy atom. The van der Waals surface area contributed by atoms with Crippen molar-refractivity contribution in [3.63, 3.8) is 0 Å². The lowest BCUT2D eigenvalue weighted by Crippen LogP contribution is -2.26. The van der Waals surface area contributed by atoms with Gasteiger partial charge in [-0.2, -0.15) is 0 Å². The Morgan fingerprint density at radius 1 is 1.19 bits per heavy atom. The number of amides is 1. The summed E-state index contributed by atoms with van der Waals surface area (Å²) in [7, 11) is 1.96. The van der Waals surface area contributed by atoms with Gasteiger partial charge in [-0.1, -0.05) is 57.6 Å². The van der Waals surface area contributed by atoms with Gasteiger partial charge in [0.2, 0.25) is 0 Å². The first-order valence-electron chi connectivity index (χ1n) is 8.28. The van der Waals surface area contributed by atoms with E-state index in [4.69, 9.17) is 0 Å². The van der Waals surface area contributed by atoms with E-state index in [2.05, 4.69) is 26.2 Å². The molecule has 0 bridgehead atoms. The van der Waals surface area contributed by atoms with E-state index in [9.17, 15) is 4.79 Å². The van der Waals surface area contributed by atoms with Gasteiger partial charge in [0.1, 0.15) is 4.88 Å². The predicted octanol–water partition coefficient (Wildman–Crippen LogP) is 5.47. The van der Waals surface area contributed by atoms with E-state index in [0.29, 0.717) is 4.88 Å². The molecule has 0 saturated carbocycles. The van der Waals surface area contributed by atoms with Crippen molar-refractivity contribution < 1.29 is 4.79 Å². The third kappa shape index (κ3) is 4.14. The summed E-state index contributed by atoms with van der Waals surface area (Å²) in [4.78, 5) is 19.9. The minimum absolute atomic E-state index is 0.0863. The van der Waals surface area contributed by atoms with Gasteiger partial charge in [0.15, 0.2) is 5.13 Å². The number of halogens is 1. The Labute approximate surface area is 166 Å². The number of para-hydroxylation sites is 1. The minimum Gasteiger partial charge on any atom is -0.345 e. The molecule has 3 aromatic rings. The SMILES string of the molecule is Cc1nc(N(C)c2ccccc2)sc1C(=O)NC(C)c1cccc(Br)c1. The number of rotatable bonds is 5. The first-order chi connectivity index (χ1) is 12.5. The second-order valence-corrected chi connectivity index (χ2v) is 7.95. The monoisotopic (exact) mass is 429 g/mol. The van der Waals surface area contributed by atoms with Crippen LogP contribution in [0.5, 0.6) is 0 Å². The maximum Gasteiger partial charge on any atom is 0.263 e. The molecule has 1 atom stereocenters. The second-order valence-electron chi connectivity index (χ2n) is 6.06. The van der Waals surface area contributed by atoms with Crippen molar-refractivity contribution in [2.45, 2.75) is 19.9 Å². The third-order valence-electron chi connectivity index (χ3n) is 4.12. The molecule has 1 amide bonds. The number of hydrogen-bond acceptors (Lipinski definition) is 4. The number of nitrogens with zero attached hydrogens (tertiary/aromatic N) is 2. The zero-order valence-corrected chi connectivity index (χ0v) is 17.3. The summed E-state index contributed by atoms with van der Waals surface area (Å²) >= 11 is 4.87. The summed E-state index contributed by atoms with van der Waals surface area (Å²) in [5.41, 5.74) is 2.83. The van der Waals surface area contributed by atoms with E-state index < -0.39 is 0 Å². The zero-order valence-electron chi connectivity index (χ0n) is 14.9. The first kappa shape index (κ1) is 18.6. The molecule has 26 heavy (non-hydrogen) atoms. The fourth-order valence-electron chi connectivity index (χ4n) is 2.62. The standard InChI is InChI=1S/C20H20BrN3OS/c1-13(15-8-7-9-16(21)12-15)22-19(25)18-14(2)23-20(26-18)24(3)17-10-5-4-6-11-17/h4-13H,1-3H3,(H,22,25). The Hall–Kier alpha value is -2.18. The van der Waals surface area contributed by atoms with Gasteiger partial charge >= 0.3 is 0 Å². The van der Waals surface area contributed by atoms with Crippen molar-refractivity contribution in [1.82, 2.24) is 10.3 Å². The second kappa shape index (κ2) is 8.01. The van der Waals surface area contributed by atoms with Crippen LogP contribution in [0.15, 0.2) is 59.1 Å². The van der Waals surface area contributed by atoms with Crippen LogP contribution in [0, 0.1) is 6.92 Å². The van der Waals surface area contributed by atoms with Crippen LogP contribution < -0.4 is 10.2 Å². The van der Waals surface area contributed by atoms with Gasteiger partial charge in [0.25, 0.3) is 5.91 Å². The highest BCUT2D eigenvalue weighted by Gasteiger charge is 2.20. The van der Waals surface area contributed by atoms with Gasteiger partial charge in [0.05, 0.1) is 11.7 Å². The molecule has 0 fully saturated rings. The van der Waals surface area contributed by atoms with Gasteiger partial charge in [-0.3, -0.25) is 4.79 Å². The van der Waals surface area contributed by atoms with Crippen LogP contribution in [0.4, 0.5) is 10.8 Å². The number of hydrogen-bond donors (Lipinski definition) is 1. The van der Waals surface area contributed by atoms with Crippen molar-refractivity contribution in [2.75, 3.05) is 11.9 Å². The smallest absolute Gasteiger partial charge is 0.263 e. The highest BCUT2D eigenvalue weighted by atomic mass is 79.9. The van der Waals surface area contributed by atoms with Crippen molar-refractivity contribution in [1.29, 1.82) is 0 Å². The molecule has 1 heterocycles. The third-order valence-corrected chi connectivity index (χ3v) is 5.84. The summed E-state index contributed by atoms with van der Waals surface area (Å²) < 4.78 is 0.997. The molecule has 0 aliphatic carbocycles. The predicted molar refractivity (Wildman–Crippen MR) is 111 cm³/mol. The number of benzene rings is 2. The fraction of sp³-hybridized carbons (Fsp3) is 0.200. The molecular formula is C20H20BrN3OS. The van der Waals surface area contributed by atoms with E-state index in [1.165, 1.54) is 11.3 Å². The van der Waals surface area contributed by atoms with Crippen LogP contribution in [0.25, 0.3) is 0 Å². The molecular weight excluding hydrogens is 410 g/mol. The Kier molecular flexibility index (Phi) is 5.74. The summed E-state index contributed by atoms with van der Waals surface area (Å²) in [6, 6.07) is 17.9. The number of thiazole rings is 1. The zero-order chi connectivity index (χ0) is 18.7. The molecule has 0 saturated heterocycles. The normalized spacial score (nSPS) is 11.8. The van der Waals surface area contributed by atoms with E-state index in [1.807, 2.05) is 80.4 Å². The lowest BCUT2D eigenvalue weighted by atomic mass is 10.1. The van der Waals surface area contributed by atoms with Crippen LogP contribution in [0.3, 0.4) is 0 Å². The largest absolute Gasteiger partial charge is 0.345 e. The van der Waals surface area contributed by atoms with Gasteiger partial charge in [-0.25, -0.2) is 4.98 Å². The summed E-state index contributed by atoms with van der Waals surface area (Å²) in [5.74, 6) is -0.0970. The van der Waals surface area contributed by atoms with Crippen LogP contribution in [-0.2, 0) is 0 Å².